The predicted molar refractivity (Wildman–Crippen MR) is 96.3 cm³/mol. The Kier molecular flexibility index (Phi) is 12.4. The zero-order valence-corrected chi connectivity index (χ0v) is 15.6. The summed E-state index contributed by atoms with van der Waals surface area (Å²) in [6, 6.07) is -0.358. The van der Waals surface area contributed by atoms with Crippen LogP contribution in [0.2, 0.25) is 0 Å². The quantitative estimate of drug-likeness (QED) is 0.447. The molecule has 1 heterocycles. The second kappa shape index (κ2) is 11.7. The molecule has 1 fully saturated rings. The van der Waals surface area contributed by atoms with E-state index in [-0.39, 0.29) is 48.8 Å². The van der Waals surface area contributed by atoms with Crippen molar-refractivity contribution < 1.29 is 14.7 Å². The van der Waals surface area contributed by atoms with E-state index in [0.29, 0.717) is 6.42 Å². The summed E-state index contributed by atoms with van der Waals surface area (Å²) in [5, 5.41) is 15.1. The van der Waals surface area contributed by atoms with Crippen molar-refractivity contribution in [2.75, 3.05) is 13.1 Å². The number of halogens is 2. The van der Waals surface area contributed by atoms with Crippen molar-refractivity contribution in [3.8, 4) is 0 Å². The summed E-state index contributed by atoms with van der Waals surface area (Å²) in [4.78, 5) is 24.4. The van der Waals surface area contributed by atoms with Gasteiger partial charge in [-0.1, -0.05) is 13.0 Å². The minimum atomic E-state index is -0.802. The van der Waals surface area contributed by atoms with Gasteiger partial charge in [-0.3, -0.25) is 14.5 Å². The van der Waals surface area contributed by atoms with E-state index in [0.717, 1.165) is 19.5 Å². The molecule has 1 unspecified atom stereocenters. The maximum absolute atomic E-state index is 11.1. The maximum Gasteiger partial charge on any atom is 0.320 e. The summed E-state index contributed by atoms with van der Waals surface area (Å²) < 4.78 is 0. The van der Waals surface area contributed by atoms with Crippen LogP contribution >= 0.6 is 24.8 Å². The molecule has 0 saturated carbocycles. The Bertz CT molecular complexity index is 396. The Morgan fingerprint density at radius 3 is 2.52 bits per heavy atom. The van der Waals surface area contributed by atoms with Gasteiger partial charge in [0.25, 0.3) is 0 Å². The molecule has 0 spiro atoms. The summed E-state index contributed by atoms with van der Waals surface area (Å²) in [6.45, 7) is 10.9. The molecule has 3 N–H and O–H groups in total. The highest BCUT2D eigenvalue weighted by Gasteiger charge is 2.35. The molecule has 0 aliphatic carbocycles. The molecule has 0 bridgehead atoms. The molecule has 136 valence electrons. The molecule has 1 amide bonds. The molecule has 8 heteroatoms. The highest BCUT2D eigenvalue weighted by Crippen LogP contribution is 2.24. The fourth-order valence-corrected chi connectivity index (χ4v) is 2.93. The van der Waals surface area contributed by atoms with Gasteiger partial charge in [0.05, 0.1) is 6.17 Å². The van der Waals surface area contributed by atoms with E-state index in [1.165, 1.54) is 6.92 Å². The third-order valence-corrected chi connectivity index (χ3v) is 4.13. The second-order valence-electron chi connectivity index (χ2n) is 5.59. The smallest absolute Gasteiger partial charge is 0.320 e. The molecule has 1 rings (SSSR count). The molecule has 0 aromatic carbocycles. The molecule has 4 atom stereocenters. The summed E-state index contributed by atoms with van der Waals surface area (Å²) in [5.41, 5.74) is 0. The van der Waals surface area contributed by atoms with Gasteiger partial charge in [-0.15, -0.1) is 31.4 Å². The van der Waals surface area contributed by atoms with Crippen molar-refractivity contribution in [1.29, 1.82) is 0 Å². The van der Waals surface area contributed by atoms with Crippen molar-refractivity contribution in [3.05, 3.63) is 12.7 Å². The first-order valence-electron chi connectivity index (χ1n) is 7.51. The number of hydrogen-bond acceptors (Lipinski definition) is 4. The van der Waals surface area contributed by atoms with Gasteiger partial charge in [0, 0.05) is 19.5 Å². The zero-order chi connectivity index (χ0) is 16.0. The first-order chi connectivity index (χ1) is 9.88. The fraction of sp³-hybridized carbons (Fsp3) is 0.733. The topological polar surface area (TPSA) is 81.7 Å². The monoisotopic (exact) mass is 369 g/mol. The normalized spacial score (nSPS) is 24.3. The molecule has 0 aromatic rings. The van der Waals surface area contributed by atoms with Crippen LogP contribution in [0.3, 0.4) is 0 Å². The van der Waals surface area contributed by atoms with E-state index < -0.39 is 12.0 Å². The van der Waals surface area contributed by atoms with Gasteiger partial charge in [0.15, 0.2) is 0 Å². The number of rotatable bonds is 8. The van der Waals surface area contributed by atoms with Crippen LogP contribution in [0.15, 0.2) is 12.7 Å². The van der Waals surface area contributed by atoms with Gasteiger partial charge in [-0.25, -0.2) is 0 Å². The fourth-order valence-electron chi connectivity index (χ4n) is 2.93. The number of amides is 1. The van der Waals surface area contributed by atoms with Crippen molar-refractivity contribution in [1.82, 2.24) is 15.5 Å². The lowest BCUT2D eigenvalue weighted by molar-refractivity contribution is -0.139. The zero-order valence-electron chi connectivity index (χ0n) is 13.9. The first-order valence-corrected chi connectivity index (χ1v) is 7.51. The van der Waals surface area contributed by atoms with E-state index in [4.69, 9.17) is 5.11 Å². The molecule has 0 aromatic heterocycles. The Morgan fingerprint density at radius 1 is 1.48 bits per heavy atom. The average molecular weight is 370 g/mol. The van der Waals surface area contributed by atoms with Gasteiger partial charge < -0.3 is 15.7 Å². The Labute approximate surface area is 150 Å². The molecule has 23 heavy (non-hydrogen) atoms. The predicted octanol–water partition coefficient (Wildman–Crippen LogP) is 1.64. The SMILES string of the molecule is C=C[C@@H]1C[C@H](C(=O)O)N[C@@H]1CCN(CC)C(C)NC(C)=O.Cl.Cl. The Balaban J connectivity index is 0. The molecule has 6 nitrogen and oxygen atoms in total. The van der Waals surface area contributed by atoms with Gasteiger partial charge in [-0.2, -0.15) is 0 Å². The van der Waals surface area contributed by atoms with Crippen LogP contribution in [0.5, 0.6) is 0 Å². The number of nitrogens with one attached hydrogen (secondary N) is 2. The summed E-state index contributed by atoms with van der Waals surface area (Å²) in [6.07, 6.45) is 3.25. The van der Waals surface area contributed by atoms with Gasteiger partial charge in [0.2, 0.25) is 5.91 Å². The molecule has 1 saturated heterocycles. The molecule has 1 aliphatic heterocycles. The third-order valence-electron chi connectivity index (χ3n) is 4.13. The molecule has 1 aliphatic rings. The molecule has 0 radical (unpaired) electrons. The van der Waals surface area contributed by atoms with Crippen molar-refractivity contribution in [3.63, 3.8) is 0 Å². The average Bonchev–Trinajstić information content (AvgIpc) is 2.82. The minimum Gasteiger partial charge on any atom is -0.480 e. The van der Waals surface area contributed by atoms with Crippen LogP contribution in [-0.2, 0) is 9.59 Å². The van der Waals surface area contributed by atoms with Gasteiger partial charge >= 0.3 is 5.97 Å². The molecular weight excluding hydrogens is 341 g/mol. The van der Waals surface area contributed by atoms with E-state index in [2.05, 4.69) is 22.1 Å². The highest BCUT2D eigenvalue weighted by molar-refractivity contribution is 5.85. The summed E-state index contributed by atoms with van der Waals surface area (Å²) in [7, 11) is 0. The van der Waals surface area contributed by atoms with E-state index in [1.807, 2.05) is 19.9 Å². The van der Waals surface area contributed by atoms with Crippen LogP contribution < -0.4 is 10.6 Å². The van der Waals surface area contributed by atoms with Crippen LogP contribution in [0.4, 0.5) is 0 Å². The number of aliphatic carboxylic acids is 1. The Hall–Kier alpha value is -0.820. The largest absolute Gasteiger partial charge is 0.480 e. The third kappa shape index (κ3) is 7.52. The van der Waals surface area contributed by atoms with Crippen molar-refractivity contribution in [2.45, 2.75) is 51.9 Å². The number of carboxylic acids is 1. The lowest BCUT2D eigenvalue weighted by Crippen LogP contribution is -2.47. The van der Waals surface area contributed by atoms with Crippen LogP contribution in [-0.4, -0.2) is 53.2 Å². The van der Waals surface area contributed by atoms with E-state index >= 15 is 0 Å². The second-order valence-corrected chi connectivity index (χ2v) is 5.59. The number of hydrogen-bond donors (Lipinski definition) is 3. The highest BCUT2D eigenvalue weighted by atomic mass is 35.5. The Morgan fingerprint density at radius 2 is 2.09 bits per heavy atom. The minimum absolute atomic E-state index is 0. The number of carboxylic acid groups (broad SMARTS) is 1. The van der Waals surface area contributed by atoms with Gasteiger partial charge in [-0.05, 0) is 32.2 Å². The number of nitrogens with zero attached hydrogens (tertiary/aromatic N) is 1. The number of carbonyl (C=O) groups excluding carboxylic acids is 1. The standard InChI is InChI=1S/C15H27N3O3.2ClH/c1-5-12-9-14(15(20)21)17-13(12)7-8-18(6-2)10(3)16-11(4)19;;/h5,10,12-14,17H,1,6-9H2,2-4H3,(H,16,19)(H,20,21);2*1H/t10?,12-,13-,14-;;/m1../s1. The van der Waals surface area contributed by atoms with Crippen LogP contribution in [0.25, 0.3) is 0 Å². The summed E-state index contributed by atoms with van der Waals surface area (Å²) >= 11 is 0. The van der Waals surface area contributed by atoms with Crippen LogP contribution in [0, 0.1) is 5.92 Å². The lowest BCUT2D eigenvalue weighted by atomic mass is 9.97. The van der Waals surface area contributed by atoms with E-state index in [1.54, 1.807) is 0 Å². The summed E-state index contributed by atoms with van der Waals surface area (Å²) in [5.74, 6) is -0.668. The van der Waals surface area contributed by atoms with Crippen molar-refractivity contribution >= 4 is 36.7 Å². The first kappa shape index (κ1) is 24.4. The number of carbonyl (C=O) groups is 2. The van der Waals surface area contributed by atoms with Gasteiger partial charge in [0.1, 0.15) is 6.04 Å². The van der Waals surface area contributed by atoms with Crippen LogP contribution in [0.1, 0.15) is 33.6 Å². The van der Waals surface area contributed by atoms with E-state index in [9.17, 15) is 9.59 Å². The van der Waals surface area contributed by atoms with Crippen molar-refractivity contribution in [2.24, 2.45) is 5.92 Å². The lowest BCUT2D eigenvalue weighted by Gasteiger charge is -2.30. The maximum atomic E-state index is 11.1. The molecular formula is C15H29Cl2N3O3.